The summed E-state index contributed by atoms with van der Waals surface area (Å²) in [4.78, 5) is 7.35. The van der Waals surface area contributed by atoms with Gasteiger partial charge in [-0.05, 0) is 31.2 Å². The quantitative estimate of drug-likeness (QED) is 0.728. The molecule has 1 aromatic carbocycles. The minimum absolute atomic E-state index is 0.412. The summed E-state index contributed by atoms with van der Waals surface area (Å²) < 4.78 is 2.25. The highest BCUT2D eigenvalue weighted by atomic mass is 32.1. The molecule has 110 valence electrons. The lowest BCUT2D eigenvalue weighted by molar-refractivity contribution is 0.877. The van der Waals surface area contributed by atoms with Crippen molar-refractivity contribution < 1.29 is 0 Å². The second-order valence-electron chi connectivity index (χ2n) is 5.74. The number of imidazole rings is 1. The van der Waals surface area contributed by atoms with Gasteiger partial charge in [0, 0.05) is 16.1 Å². The molecular formula is C18H17N3S. The van der Waals surface area contributed by atoms with Crippen LogP contribution in [-0.2, 0) is 25.7 Å². The Balaban J connectivity index is 1.91. The van der Waals surface area contributed by atoms with Gasteiger partial charge in [0.1, 0.15) is 0 Å². The zero-order chi connectivity index (χ0) is 15.1. The number of rotatable bonds is 3. The molecule has 1 aliphatic carbocycles. The summed E-state index contributed by atoms with van der Waals surface area (Å²) in [6.07, 6.45) is 4.95. The van der Waals surface area contributed by atoms with Gasteiger partial charge in [-0.1, -0.05) is 31.2 Å². The van der Waals surface area contributed by atoms with Crippen molar-refractivity contribution in [3.8, 4) is 17.3 Å². The molecule has 0 saturated heterocycles. The number of benzene rings is 1. The molecule has 1 aliphatic rings. The Bertz CT molecular complexity index is 878. The first-order chi connectivity index (χ1) is 10.8. The zero-order valence-electron chi connectivity index (χ0n) is 12.6. The molecular weight excluding hydrogens is 290 g/mol. The maximum absolute atomic E-state index is 9.25. The Morgan fingerprint density at radius 1 is 1.27 bits per heavy atom. The van der Waals surface area contributed by atoms with Crippen LogP contribution in [0, 0.1) is 11.3 Å². The smallest absolute Gasteiger partial charge is 0.194 e. The molecule has 4 rings (SSSR count). The molecule has 0 amide bonds. The molecule has 3 nitrogen and oxygen atoms in total. The molecule has 0 fully saturated rings. The van der Waals surface area contributed by atoms with Gasteiger partial charge in [0.15, 0.2) is 4.96 Å². The Kier molecular flexibility index (Phi) is 3.24. The number of fused-ring (bicyclic) bond motifs is 3. The monoisotopic (exact) mass is 307 g/mol. The van der Waals surface area contributed by atoms with E-state index in [1.807, 2.05) is 0 Å². The lowest BCUT2D eigenvalue weighted by Gasteiger charge is -2.04. The van der Waals surface area contributed by atoms with Gasteiger partial charge in [-0.2, -0.15) is 5.26 Å². The van der Waals surface area contributed by atoms with Crippen LogP contribution in [0.3, 0.4) is 0 Å². The average molecular weight is 307 g/mol. The van der Waals surface area contributed by atoms with Crippen LogP contribution in [-0.4, -0.2) is 9.38 Å². The molecule has 0 spiro atoms. The molecule has 22 heavy (non-hydrogen) atoms. The normalized spacial score (nSPS) is 13.5. The SMILES string of the molecule is CCc1ccc(-c2nc3sc4c(n3c2CC#N)CCC4)cc1. The molecule has 0 unspecified atom stereocenters. The van der Waals surface area contributed by atoms with Gasteiger partial charge in [0.05, 0.1) is 23.9 Å². The summed E-state index contributed by atoms with van der Waals surface area (Å²) >= 11 is 1.79. The summed E-state index contributed by atoms with van der Waals surface area (Å²) in [6, 6.07) is 10.9. The van der Waals surface area contributed by atoms with E-state index < -0.39 is 0 Å². The topological polar surface area (TPSA) is 41.1 Å². The van der Waals surface area contributed by atoms with E-state index in [1.165, 1.54) is 22.6 Å². The lowest BCUT2D eigenvalue weighted by atomic mass is 10.1. The fourth-order valence-corrected chi connectivity index (χ4v) is 4.53. The van der Waals surface area contributed by atoms with Gasteiger partial charge in [0.25, 0.3) is 0 Å². The van der Waals surface area contributed by atoms with E-state index in [-0.39, 0.29) is 0 Å². The van der Waals surface area contributed by atoms with Crippen LogP contribution in [0.25, 0.3) is 16.2 Å². The predicted molar refractivity (Wildman–Crippen MR) is 89.2 cm³/mol. The molecule has 4 heteroatoms. The Hall–Kier alpha value is -2.12. The molecule has 0 saturated carbocycles. The van der Waals surface area contributed by atoms with E-state index in [4.69, 9.17) is 4.98 Å². The van der Waals surface area contributed by atoms with Crippen molar-refractivity contribution in [1.82, 2.24) is 9.38 Å². The van der Waals surface area contributed by atoms with Gasteiger partial charge < -0.3 is 0 Å². The van der Waals surface area contributed by atoms with Crippen LogP contribution in [0.5, 0.6) is 0 Å². The third-order valence-electron chi connectivity index (χ3n) is 4.45. The molecule has 3 aromatic rings. The standard InChI is InChI=1S/C18H17N3S/c1-2-12-6-8-13(9-7-12)17-15(10-11-19)21-14-4-3-5-16(14)22-18(21)20-17/h6-9H,2-5,10H2,1H3. The van der Waals surface area contributed by atoms with Crippen molar-refractivity contribution in [2.24, 2.45) is 0 Å². The molecule has 0 bridgehead atoms. The van der Waals surface area contributed by atoms with Gasteiger partial charge >= 0.3 is 0 Å². The maximum Gasteiger partial charge on any atom is 0.194 e. The molecule has 2 aromatic heterocycles. The number of hydrogen-bond acceptors (Lipinski definition) is 3. The maximum atomic E-state index is 9.25. The van der Waals surface area contributed by atoms with E-state index in [0.29, 0.717) is 6.42 Å². The Labute approximate surface area is 133 Å². The van der Waals surface area contributed by atoms with E-state index in [1.54, 1.807) is 11.3 Å². The fraction of sp³-hybridized carbons (Fsp3) is 0.333. The van der Waals surface area contributed by atoms with Crippen LogP contribution in [0.15, 0.2) is 24.3 Å². The molecule has 0 N–H and O–H groups in total. The van der Waals surface area contributed by atoms with Gasteiger partial charge in [-0.3, -0.25) is 4.40 Å². The number of nitriles is 1. The summed E-state index contributed by atoms with van der Waals surface area (Å²) in [7, 11) is 0. The third kappa shape index (κ3) is 1.97. The first kappa shape index (κ1) is 13.5. The summed E-state index contributed by atoms with van der Waals surface area (Å²) in [5.41, 5.74) is 5.86. The van der Waals surface area contributed by atoms with Crippen molar-refractivity contribution in [1.29, 1.82) is 5.26 Å². The van der Waals surface area contributed by atoms with E-state index in [2.05, 4.69) is 41.7 Å². The second kappa shape index (κ2) is 5.26. The summed E-state index contributed by atoms with van der Waals surface area (Å²) in [5, 5.41) is 9.25. The summed E-state index contributed by atoms with van der Waals surface area (Å²) in [6.45, 7) is 2.16. The number of thiazole rings is 1. The molecule has 2 heterocycles. The number of nitrogens with zero attached hydrogens (tertiary/aromatic N) is 3. The second-order valence-corrected chi connectivity index (χ2v) is 6.80. The van der Waals surface area contributed by atoms with Gasteiger partial charge in [0.2, 0.25) is 0 Å². The van der Waals surface area contributed by atoms with Crippen molar-refractivity contribution in [3.63, 3.8) is 0 Å². The summed E-state index contributed by atoms with van der Waals surface area (Å²) in [5.74, 6) is 0. The van der Waals surface area contributed by atoms with Crippen molar-refractivity contribution in [2.45, 2.75) is 39.0 Å². The lowest BCUT2D eigenvalue weighted by Crippen LogP contribution is -1.96. The molecule has 0 aliphatic heterocycles. The largest absolute Gasteiger partial charge is 0.290 e. The average Bonchev–Trinajstić information content (AvgIpc) is 3.19. The van der Waals surface area contributed by atoms with Crippen LogP contribution in [0.4, 0.5) is 0 Å². The van der Waals surface area contributed by atoms with Crippen molar-refractivity contribution in [2.75, 3.05) is 0 Å². The predicted octanol–water partition coefficient (Wildman–Crippen LogP) is 4.18. The van der Waals surface area contributed by atoms with Crippen LogP contribution < -0.4 is 0 Å². The van der Waals surface area contributed by atoms with E-state index >= 15 is 0 Å². The first-order valence-corrected chi connectivity index (χ1v) is 8.61. The first-order valence-electron chi connectivity index (χ1n) is 7.80. The van der Waals surface area contributed by atoms with Gasteiger partial charge in [-0.15, -0.1) is 11.3 Å². The third-order valence-corrected chi connectivity index (χ3v) is 5.59. The molecule has 0 atom stereocenters. The highest BCUT2D eigenvalue weighted by Gasteiger charge is 2.23. The highest BCUT2D eigenvalue weighted by Crippen LogP contribution is 2.35. The van der Waals surface area contributed by atoms with E-state index in [9.17, 15) is 5.26 Å². The Morgan fingerprint density at radius 3 is 2.82 bits per heavy atom. The number of hydrogen-bond donors (Lipinski definition) is 0. The number of aryl methyl sites for hydroxylation is 3. The minimum atomic E-state index is 0.412. The molecule has 0 radical (unpaired) electrons. The van der Waals surface area contributed by atoms with Crippen molar-refractivity contribution in [3.05, 3.63) is 46.1 Å². The highest BCUT2D eigenvalue weighted by molar-refractivity contribution is 7.17. The van der Waals surface area contributed by atoms with Crippen molar-refractivity contribution >= 4 is 16.3 Å². The van der Waals surface area contributed by atoms with E-state index in [0.717, 1.165) is 41.2 Å². The fourth-order valence-electron chi connectivity index (χ4n) is 3.30. The number of aromatic nitrogens is 2. The van der Waals surface area contributed by atoms with Crippen LogP contribution >= 0.6 is 11.3 Å². The van der Waals surface area contributed by atoms with Crippen LogP contribution in [0.2, 0.25) is 0 Å². The Morgan fingerprint density at radius 2 is 2.09 bits per heavy atom. The van der Waals surface area contributed by atoms with Gasteiger partial charge in [-0.25, -0.2) is 4.98 Å². The van der Waals surface area contributed by atoms with Crippen LogP contribution in [0.1, 0.15) is 35.2 Å². The minimum Gasteiger partial charge on any atom is -0.290 e. The zero-order valence-corrected chi connectivity index (χ0v) is 13.4.